The lowest BCUT2D eigenvalue weighted by atomic mass is 10.1. The van der Waals surface area contributed by atoms with Gasteiger partial charge >= 0.3 is 12.0 Å². The van der Waals surface area contributed by atoms with Gasteiger partial charge in [0.1, 0.15) is 0 Å². The maximum absolute atomic E-state index is 11.1. The van der Waals surface area contributed by atoms with E-state index in [4.69, 9.17) is 5.11 Å². The Labute approximate surface area is 106 Å². The Hall–Kier alpha value is -1.78. The zero-order valence-corrected chi connectivity index (χ0v) is 10.6. The third-order valence-corrected chi connectivity index (χ3v) is 2.64. The van der Waals surface area contributed by atoms with Crippen LogP contribution in [0.15, 0.2) is 22.1 Å². The number of urea groups is 1. The zero-order valence-electron chi connectivity index (χ0n) is 10.6. The second-order valence-corrected chi connectivity index (χ2v) is 4.17. The molecule has 1 heterocycles. The number of carboxylic acids is 1. The van der Waals surface area contributed by atoms with Crippen LogP contribution in [0.1, 0.15) is 45.4 Å². The number of carbonyl (C=O) groups is 2. The van der Waals surface area contributed by atoms with Gasteiger partial charge in [0.15, 0.2) is 0 Å². The average molecular weight is 250 g/mol. The molecule has 0 radical (unpaired) electrons. The molecular weight excluding hydrogens is 232 g/mol. The summed E-state index contributed by atoms with van der Waals surface area (Å²) in [5.74, 6) is -1.06. The Morgan fingerprint density at radius 1 is 1.22 bits per heavy atom. The molecule has 1 aliphatic heterocycles. The number of aliphatic carboxylic acids is 1. The molecular formula is C13H18N2O3. The molecule has 0 aromatic carbocycles. The first-order chi connectivity index (χ1) is 8.63. The predicted molar refractivity (Wildman–Crippen MR) is 70.4 cm³/mol. The molecule has 0 aromatic heterocycles. The summed E-state index contributed by atoms with van der Waals surface area (Å²) in [4.78, 5) is 29.0. The van der Waals surface area contributed by atoms with Gasteiger partial charge in [0.25, 0.3) is 0 Å². The van der Waals surface area contributed by atoms with Gasteiger partial charge in [-0.25, -0.2) is 9.59 Å². The summed E-state index contributed by atoms with van der Waals surface area (Å²) in [7, 11) is 0. The molecule has 0 unspecified atom stereocenters. The van der Waals surface area contributed by atoms with Crippen molar-refractivity contribution in [1.29, 1.82) is 0 Å². The molecule has 0 spiro atoms. The van der Waals surface area contributed by atoms with Gasteiger partial charge < -0.3 is 5.11 Å². The van der Waals surface area contributed by atoms with Crippen LogP contribution in [-0.2, 0) is 4.79 Å². The van der Waals surface area contributed by atoms with E-state index < -0.39 is 12.0 Å². The number of amides is 2. The SMILES string of the molecule is CCCCCCCC1=NC(=O)N=C1C=CC(=O)O. The highest BCUT2D eigenvalue weighted by atomic mass is 16.4. The molecule has 5 nitrogen and oxygen atoms in total. The van der Waals surface area contributed by atoms with Crippen molar-refractivity contribution in [3.8, 4) is 0 Å². The topological polar surface area (TPSA) is 79.1 Å². The van der Waals surface area contributed by atoms with Crippen molar-refractivity contribution in [2.75, 3.05) is 0 Å². The average Bonchev–Trinajstić information content (AvgIpc) is 2.67. The molecule has 5 heteroatoms. The number of allylic oxidation sites excluding steroid dienone is 1. The number of nitrogens with zero attached hydrogens (tertiary/aromatic N) is 2. The van der Waals surface area contributed by atoms with Crippen LogP contribution in [0.5, 0.6) is 0 Å². The van der Waals surface area contributed by atoms with Crippen molar-refractivity contribution in [1.82, 2.24) is 0 Å². The van der Waals surface area contributed by atoms with Crippen LogP contribution < -0.4 is 0 Å². The predicted octanol–water partition coefficient (Wildman–Crippen LogP) is 3.00. The Balaban J connectivity index is 2.44. The molecule has 98 valence electrons. The van der Waals surface area contributed by atoms with E-state index in [1.165, 1.54) is 25.3 Å². The molecule has 0 saturated carbocycles. The number of carboxylic acid groups (broad SMARTS) is 1. The lowest BCUT2D eigenvalue weighted by Gasteiger charge is -2.01. The maximum Gasteiger partial charge on any atom is 0.367 e. The number of rotatable bonds is 8. The van der Waals surface area contributed by atoms with Gasteiger partial charge in [0, 0.05) is 6.08 Å². The van der Waals surface area contributed by atoms with Crippen molar-refractivity contribution >= 4 is 23.4 Å². The molecule has 0 fully saturated rings. The molecule has 0 aromatic rings. The third kappa shape index (κ3) is 5.03. The maximum atomic E-state index is 11.1. The molecule has 2 amide bonds. The normalized spacial score (nSPS) is 15.1. The van der Waals surface area contributed by atoms with Crippen LogP contribution in [-0.4, -0.2) is 28.5 Å². The zero-order chi connectivity index (χ0) is 13.4. The summed E-state index contributed by atoms with van der Waals surface area (Å²) < 4.78 is 0. The van der Waals surface area contributed by atoms with Gasteiger partial charge in [0.05, 0.1) is 11.4 Å². The Kier molecular flexibility index (Phi) is 5.97. The highest BCUT2D eigenvalue weighted by Gasteiger charge is 2.16. The van der Waals surface area contributed by atoms with E-state index in [1.54, 1.807) is 0 Å². The van der Waals surface area contributed by atoms with Crippen molar-refractivity contribution in [2.24, 2.45) is 9.98 Å². The van der Waals surface area contributed by atoms with Gasteiger partial charge in [0.2, 0.25) is 0 Å². The van der Waals surface area contributed by atoms with Crippen LogP contribution in [0.4, 0.5) is 4.79 Å². The molecule has 0 saturated heterocycles. The van der Waals surface area contributed by atoms with E-state index in [2.05, 4.69) is 16.9 Å². The third-order valence-electron chi connectivity index (χ3n) is 2.64. The highest BCUT2D eigenvalue weighted by molar-refractivity contribution is 6.51. The summed E-state index contributed by atoms with van der Waals surface area (Å²) in [6.45, 7) is 2.15. The summed E-state index contributed by atoms with van der Waals surface area (Å²) in [5.41, 5.74) is 0.992. The minimum atomic E-state index is -1.06. The van der Waals surface area contributed by atoms with Gasteiger partial charge in [-0.05, 0) is 18.9 Å². The van der Waals surface area contributed by atoms with Crippen molar-refractivity contribution in [2.45, 2.75) is 45.4 Å². The smallest absolute Gasteiger partial charge is 0.367 e. The fourth-order valence-corrected chi connectivity index (χ4v) is 1.73. The Morgan fingerprint density at radius 3 is 2.61 bits per heavy atom. The number of unbranched alkanes of at least 4 members (excludes halogenated alkanes) is 4. The number of hydrogen-bond donors (Lipinski definition) is 1. The minimum Gasteiger partial charge on any atom is -0.478 e. The first-order valence-electron chi connectivity index (χ1n) is 6.25. The van der Waals surface area contributed by atoms with E-state index >= 15 is 0 Å². The largest absolute Gasteiger partial charge is 0.478 e. The number of hydrogen-bond acceptors (Lipinski definition) is 2. The van der Waals surface area contributed by atoms with E-state index in [-0.39, 0.29) is 0 Å². The van der Waals surface area contributed by atoms with Crippen LogP contribution in [0.2, 0.25) is 0 Å². The van der Waals surface area contributed by atoms with Crippen LogP contribution in [0.3, 0.4) is 0 Å². The highest BCUT2D eigenvalue weighted by Crippen LogP contribution is 2.11. The molecule has 1 aliphatic rings. The first kappa shape index (κ1) is 14.3. The lowest BCUT2D eigenvalue weighted by molar-refractivity contribution is -0.131. The van der Waals surface area contributed by atoms with E-state index in [9.17, 15) is 9.59 Å². The van der Waals surface area contributed by atoms with E-state index in [1.807, 2.05) is 0 Å². The molecule has 0 atom stereocenters. The fourth-order valence-electron chi connectivity index (χ4n) is 1.73. The number of carbonyl (C=O) groups excluding carboxylic acids is 1. The summed E-state index contributed by atoms with van der Waals surface area (Å²) >= 11 is 0. The Bertz CT molecular complexity index is 408. The molecule has 1 N–H and O–H groups in total. The monoisotopic (exact) mass is 250 g/mol. The van der Waals surface area contributed by atoms with Gasteiger partial charge in [-0.3, -0.25) is 0 Å². The molecule has 1 rings (SSSR count). The van der Waals surface area contributed by atoms with Gasteiger partial charge in [-0.2, -0.15) is 9.98 Å². The molecule has 0 aliphatic carbocycles. The van der Waals surface area contributed by atoms with Crippen molar-refractivity contribution in [3.05, 3.63) is 12.2 Å². The van der Waals surface area contributed by atoms with Crippen LogP contribution in [0.25, 0.3) is 0 Å². The quantitative estimate of drug-likeness (QED) is 0.531. The molecule has 0 bridgehead atoms. The second kappa shape index (κ2) is 7.53. The lowest BCUT2D eigenvalue weighted by Crippen LogP contribution is -2.08. The van der Waals surface area contributed by atoms with Crippen LogP contribution >= 0.6 is 0 Å². The number of aliphatic imine (C=N–C) groups is 2. The first-order valence-corrected chi connectivity index (χ1v) is 6.25. The van der Waals surface area contributed by atoms with E-state index in [0.29, 0.717) is 17.8 Å². The summed E-state index contributed by atoms with van der Waals surface area (Å²) in [5, 5.41) is 8.53. The summed E-state index contributed by atoms with van der Waals surface area (Å²) in [6.07, 6.45) is 8.61. The second-order valence-electron chi connectivity index (χ2n) is 4.17. The van der Waals surface area contributed by atoms with Crippen molar-refractivity contribution < 1.29 is 14.7 Å². The van der Waals surface area contributed by atoms with Crippen molar-refractivity contribution in [3.63, 3.8) is 0 Å². The fraction of sp³-hybridized carbons (Fsp3) is 0.538. The standard InChI is InChI=1S/C13H18N2O3/c1-2-3-4-5-6-7-10-11(8-9-12(16)17)15-13(18)14-10/h8-9H,2-7H2,1H3,(H,16,17). The van der Waals surface area contributed by atoms with Gasteiger partial charge in [-0.15, -0.1) is 0 Å². The van der Waals surface area contributed by atoms with Crippen LogP contribution in [0, 0.1) is 0 Å². The molecule has 18 heavy (non-hydrogen) atoms. The van der Waals surface area contributed by atoms with E-state index in [0.717, 1.165) is 18.9 Å². The Morgan fingerprint density at radius 2 is 1.94 bits per heavy atom. The summed E-state index contributed by atoms with van der Waals surface area (Å²) in [6, 6.07) is -0.538. The minimum absolute atomic E-state index is 0.387. The van der Waals surface area contributed by atoms with Gasteiger partial charge in [-0.1, -0.05) is 32.6 Å².